The molecule has 18 heavy (non-hydrogen) atoms. The molecule has 3 unspecified atom stereocenters. The van der Waals surface area contributed by atoms with Crippen LogP contribution in [0.15, 0.2) is 0 Å². The first-order valence-electron chi connectivity index (χ1n) is 7.61. The summed E-state index contributed by atoms with van der Waals surface area (Å²) < 4.78 is 5.24. The van der Waals surface area contributed by atoms with Gasteiger partial charge in [-0.25, -0.2) is 0 Å². The second kappa shape index (κ2) is 3.96. The van der Waals surface area contributed by atoms with E-state index in [9.17, 15) is 0 Å². The zero-order valence-electron chi connectivity index (χ0n) is 12.3. The molecule has 0 aliphatic heterocycles. The van der Waals surface area contributed by atoms with Crippen LogP contribution in [0.3, 0.4) is 0 Å². The predicted molar refractivity (Wildman–Crippen MR) is 74.3 cm³/mol. The summed E-state index contributed by atoms with van der Waals surface area (Å²) in [6.45, 7) is 5.79. The van der Waals surface area contributed by atoms with E-state index in [4.69, 9.17) is 10.5 Å². The number of methoxy groups -OCH3 is 1. The van der Waals surface area contributed by atoms with Gasteiger partial charge in [-0.15, -0.1) is 0 Å². The van der Waals surface area contributed by atoms with Crippen LogP contribution in [0.2, 0.25) is 0 Å². The fraction of sp³-hybridized carbons (Fsp3) is 1.00. The van der Waals surface area contributed by atoms with Gasteiger partial charge in [0, 0.05) is 13.2 Å². The lowest BCUT2D eigenvalue weighted by atomic mass is 9.39. The van der Waals surface area contributed by atoms with E-state index in [-0.39, 0.29) is 6.04 Å². The summed E-state index contributed by atoms with van der Waals surface area (Å²) in [4.78, 5) is 0. The third-order valence-electron chi connectivity index (χ3n) is 5.82. The Kier molecular flexibility index (Phi) is 2.84. The second-order valence-electron chi connectivity index (χ2n) is 8.55. The largest absolute Gasteiger partial charge is 0.383 e. The Balaban J connectivity index is 1.80. The molecule has 4 saturated carbocycles. The van der Waals surface area contributed by atoms with Gasteiger partial charge in [0.15, 0.2) is 0 Å². The molecular weight excluding hydrogens is 222 g/mol. The summed E-state index contributed by atoms with van der Waals surface area (Å²) in [6.07, 6.45) is 9.87. The van der Waals surface area contributed by atoms with Crippen LogP contribution in [-0.2, 0) is 4.74 Å². The van der Waals surface area contributed by atoms with Crippen molar-refractivity contribution in [2.24, 2.45) is 27.9 Å². The normalized spacial score (nSPS) is 51.7. The molecule has 0 heterocycles. The van der Waals surface area contributed by atoms with Gasteiger partial charge in [0.05, 0.1) is 6.61 Å². The summed E-state index contributed by atoms with van der Waals surface area (Å²) in [6, 6.07) is 0.235. The first-order valence-corrected chi connectivity index (χ1v) is 7.61. The second-order valence-corrected chi connectivity index (χ2v) is 8.55. The van der Waals surface area contributed by atoms with Gasteiger partial charge in [0.1, 0.15) is 0 Å². The van der Waals surface area contributed by atoms with Crippen LogP contribution >= 0.6 is 0 Å². The Morgan fingerprint density at radius 2 is 1.72 bits per heavy atom. The van der Waals surface area contributed by atoms with E-state index in [0.29, 0.717) is 16.2 Å². The highest BCUT2D eigenvalue weighted by Crippen LogP contribution is 2.70. The molecule has 0 saturated heterocycles. The van der Waals surface area contributed by atoms with Crippen molar-refractivity contribution in [2.75, 3.05) is 13.7 Å². The molecule has 4 fully saturated rings. The van der Waals surface area contributed by atoms with Gasteiger partial charge in [0.25, 0.3) is 0 Å². The number of ether oxygens (including phenoxy) is 1. The van der Waals surface area contributed by atoms with Crippen LogP contribution in [0.25, 0.3) is 0 Å². The van der Waals surface area contributed by atoms with Crippen LogP contribution in [0, 0.1) is 22.2 Å². The van der Waals surface area contributed by atoms with Crippen molar-refractivity contribution in [2.45, 2.75) is 64.8 Å². The number of hydrogen-bond donors (Lipinski definition) is 1. The minimum atomic E-state index is 0.235. The summed E-state index contributed by atoms with van der Waals surface area (Å²) in [5, 5.41) is 0. The molecule has 3 atom stereocenters. The molecule has 4 rings (SSSR count). The van der Waals surface area contributed by atoms with Gasteiger partial charge in [0.2, 0.25) is 0 Å². The van der Waals surface area contributed by atoms with Gasteiger partial charge in [-0.2, -0.15) is 0 Å². The van der Waals surface area contributed by atoms with Crippen LogP contribution in [0.1, 0.15) is 58.8 Å². The molecule has 0 amide bonds. The lowest BCUT2D eigenvalue weighted by Crippen LogP contribution is -2.56. The molecule has 0 radical (unpaired) electrons. The van der Waals surface area contributed by atoms with Gasteiger partial charge >= 0.3 is 0 Å². The molecule has 0 spiro atoms. The molecule has 0 aromatic rings. The third-order valence-corrected chi connectivity index (χ3v) is 5.82. The average molecular weight is 251 g/mol. The van der Waals surface area contributed by atoms with Crippen molar-refractivity contribution in [3.63, 3.8) is 0 Å². The lowest BCUT2D eigenvalue weighted by Gasteiger charge is -2.66. The molecule has 0 aromatic carbocycles. The Labute approximate surface area is 112 Å². The molecule has 2 heteroatoms. The molecule has 4 aliphatic carbocycles. The molecule has 2 nitrogen and oxygen atoms in total. The fourth-order valence-electron chi connectivity index (χ4n) is 6.74. The zero-order chi connectivity index (χ0) is 13.0. The van der Waals surface area contributed by atoms with E-state index >= 15 is 0 Å². The highest BCUT2D eigenvalue weighted by Gasteiger charge is 2.59. The van der Waals surface area contributed by atoms with Gasteiger partial charge in [-0.05, 0) is 67.1 Å². The van der Waals surface area contributed by atoms with E-state index in [2.05, 4.69) is 13.8 Å². The van der Waals surface area contributed by atoms with Gasteiger partial charge in [-0.1, -0.05) is 13.8 Å². The number of hydrogen-bond acceptors (Lipinski definition) is 2. The van der Waals surface area contributed by atoms with Crippen molar-refractivity contribution in [3.8, 4) is 0 Å². The van der Waals surface area contributed by atoms with E-state index < -0.39 is 0 Å². The maximum atomic E-state index is 6.27. The zero-order valence-corrected chi connectivity index (χ0v) is 12.3. The Hall–Kier alpha value is -0.0800. The fourth-order valence-corrected chi connectivity index (χ4v) is 6.74. The Bertz CT molecular complexity index is 322. The topological polar surface area (TPSA) is 35.2 Å². The minimum Gasteiger partial charge on any atom is -0.383 e. The molecule has 0 aromatic heterocycles. The van der Waals surface area contributed by atoms with Crippen LogP contribution in [0.4, 0.5) is 0 Å². The van der Waals surface area contributed by atoms with Crippen molar-refractivity contribution < 1.29 is 4.74 Å². The first kappa shape index (κ1) is 12.9. The Morgan fingerprint density at radius 1 is 1.11 bits per heavy atom. The average Bonchev–Trinajstić information content (AvgIpc) is 2.09. The molecule has 104 valence electrons. The van der Waals surface area contributed by atoms with Crippen molar-refractivity contribution in [1.29, 1.82) is 0 Å². The predicted octanol–water partition coefficient (Wildman–Crippen LogP) is 3.35. The summed E-state index contributed by atoms with van der Waals surface area (Å²) in [5.74, 6) is 0.978. The van der Waals surface area contributed by atoms with Gasteiger partial charge < -0.3 is 10.5 Å². The maximum absolute atomic E-state index is 6.27. The van der Waals surface area contributed by atoms with Crippen LogP contribution < -0.4 is 5.73 Å². The monoisotopic (exact) mass is 251 g/mol. The summed E-state index contributed by atoms with van der Waals surface area (Å²) in [7, 11) is 1.77. The highest BCUT2D eigenvalue weighted by molar-refractivity contribution is 5.10. The lowest BCUT2D eigenvalue weighted by molar-refractivity contribution is -0.150. The number of rotatable bonds is 4. The summed E-state index contributed by atoms with van der Waals surface area (Å²) >= 11 is 0. The SMILES string of the molecule is COCC(N)CC12CC3CC(C)(CC(C)(C3)C1)C2. The Morgan fingerprint density at radius 3 is 2.22 bits per heavy atom. The minimum absolute atomic E-state index is 0.235. The van der Waals surface area contributed by atoms with Gasteiger partial charge in [-0.3, -0.25) is 0 Å². The van der Waals surface area contributed by atoms with Crippen LogP contribution in [-0.4, -0.2) is 19.8 Å². The summed E-state index contributed by atoms with van der Waals surface area (Å²) in [5.41, 5.74) is 8.03. The molecule has 2 N–H and O–H groups in total. The van der Waals surface area contributed by atoms with Crippen molar-refractivity contribution in [3.05, 3.63) is 0 Å². The smallest absolute Gasteiger partial charge is 0.0613 e. The number of nitrogens with two attached hydrogens (primary N) is 1. The molecule has 4 aliphatic rings. The first-order chi connectivity index (χ1) is 8.36. The van der Waals surface area contributed by atoms with E-state index in [0.717, 1.165) is 12.5 Å². The van der Waals surface area contributed by atoms with E-state index in [1.54, 1.807) is 7.11 Å². The van der Waals surface area contributed by atoms with E-state index in [1.165, 1.54) is 44.9 Å². The standard InChI is InChI=1S/C16H29NO/c1-14-4-12-5-15(2,9-14)11-16(6-12,10-14)7-13(17)8-18-3/h12-13H,4-11,17H2,1-3H3. The van der Waals surface area contributed by atoms with E-state index in [1.807, 2.05) is 0 Å². The highest BCUT2D eigenvalue weighted by atomic mass is 16.5. The van der Waals surface area contributed by atoms with Crippen LogP contribution in [0.5, 0.6) is 0 Å². The van der Waals surface area contributed by atoms with Crippen molar-refractivity contribution in [1.82, 2.24) is 0 Å². The maximum Gasteiger partial charge on any atom is 0.0613 e. The quantitative estimate of drug-likeness (QED) is 0.831. The molecule has 4 bridgehead atoms. The molecular formula is C16H29NO. The van der Waals surface area contributed by atoms with Crippen molar-refractivity contribution >= 4 is 0 Å². The third kappa shape index (κ3) is 2.12.